The summed E-state index contributed by atoms with van der Waals surface area (Å²) >= 11 is 1.76. The van der Waals surface area contributed by atoms with Crippen molar-refractivity contribution >= 4 is 22.8 Å². The molecule has 0 radical (unpaired) electrons. The summed E-state index contributed by atoms with van der Waals surface area (Å²) in [7, 11) is 0. The lowest BCUT2D eigenvalue weighted by atomic mass is 10.1. The van der Waals surface area contributed by atoms with Crippen molar-refractivity contribution in [1.29, 1.82) is 0 Å². The van der Waals surface area contributed by atoms with Gasteiger partial charge in [-0.2, -0.15) is 0 Å². The molecule has 1 rings (SSSR count). The van der Waals surface area contributed by atoms with Crippen LogP contribution < -0.4 is 10.6 Å². The minimum atomic E-state index is 0.0969. The number of amides is 1. The van der Waals surface area contributed by atoms with Gasteiger partial charge in [-0.1, -0.05) is 32.5 Å². The van der Waals surface area contributed by atoms with Gasteiger partial charge >= 0.3 is 0 Å². The highest BCUT2D eigenvalue weighted by Gasteiger charge is 2.22. The molecule has 0 saturated carbocycles. The van der Waals surface area contributed by atoms with Gasteiger partial charge in [-0.3, -0.25) is 9.79 Å². The number of hydrogen-bond donors (Lipinski definition) is 2. The lowest BCUT2D eigenvalue weighted by Crippen LogP contribution is -2.31. The van der Waals surface area contributed by atoms with Gasteiger partial charge in [-0.15, -0.1) is 0 Å². The van der Waals surface area contributed by atoms with Crippen LogP contribution in [-0.4, -0.2) is 36.0 Å². The van der Waals surface area contributed by atoms with Crippen LogP contribution in [-0.2, 0) is 4.79 Å². The van der Waals surface area contributed by atoms with Gasteiger partial charge in [0.25, 0.3) is 0 Å². The molecule has 1 atom stereocenters. The zero-order chi connectivity index (χ0) is 12.7. The third kappa shape index (κ3) is 5.44. The van der Waals surface area contributed by atoms with Crippen molar-refractivity contribution in [3.8, 4) is 0 Å². The smallest absolute Gasteiger partial charge is 0.221 e. The van der Waals surface area contributed by atoms with Crippen LogP contribution in [0.1, 0.15) is 33.6 Å². The average Bonchev–Trinajstić information content (AvgIpc) is 2.75. The first-order valence-corrected chi connectivity index (χ1v) is 7.32. The molecule has 5 heteroatoms. The maximum atomic E-state index is 11.3. The highest BCUT2D eigenvalue weighted by atomic mass is 32.2. The topological polar surface area (TPSA) is 53.5 Å². The molecular formula is C12H23N3OS. The summed E-state index contributed by atoms with van der Waals surface area (Å²) in [6, 6.07) is 0.521. The molecule has 1 fully saturated rings. The van der Waals surface area contributed by atoms with Crippen molar-refractivity contribution in [3.05, 3.63) is 0 Å². The molecule has 0 aliphatic carbocycles. The number of amidine groups is 1. The Morgan fingerprint density at radius 1 is 1.65 bits per heavy atom. The van der Waals surface area contributed by atoms with E-state index in [0.29, 0.717) is 24.9 Å². The second kappa shape index (κ2) is 7.58. The van der Waals surface area contributed by atoms with E-state index in [9.17, 15) is 4.79 Å². The van der Waals surface area contributed by atoms with Crippen molar-refractivity contribution < 1.29 is 4.79 Å². The van der Waals surface area contributed by atoms with E-state index in [1.54, 1.807) is 11.8 Å². The normalized spacial score (nSPS) is 21.9. The Labute approximate surface area is 108 Å². The molecule has 1 saturated heterocycles. The lowest BCUT2D eigenvalue weighted by molar-refractivity contribution is -0.120. The van der Waals surface area contributed by atoms with E-state index in [1.807, 2.05) is 6.92 Å². The molecule has 4 nitrogen and oxygen atoms in total. The molecule has 0 unspecified atom stereocenters. The first-order chi connectivity index (χ1) is 8.13. The van der Waals surface area contributed by atoms with Crippen molar-refractivity contribution in [1.82, 2.24) is 10.6 Å². The number of carbonyl (C=O) groups excluding carboxylic acids is 1. The van der Waals surface area contributed by atoms with E-state index in [4.69, 9.17) is 0 Å². The predicted molar refractivity (Wildman–Crippen MR) is 74.4 cm³/mol. The molecule has 1 heterocycles. The van der Waals surface area contributed by atoms with E-state index in [-0.39, 0.29) is 5.91 Å². The zero-order valence-corrected chi connectivity index (χ0v) is 11.8. The second-order valence-electron chi connectivity index (χ2n) is 4.59. The zero-order valence-electron chi connectivity index (χ0n) is 11.0. The third-order valence-electron chi connectivity index (χ3n) is 2.68. The Morgan fingerprint density at radius 3 is 3.00 bits per heavy atom. The molecule has 98 valence electrons. The fraction of sp³-hybridized carbons (Fsp3) is 0.833. The lowest BCUT2D eigenvalue weighted by Gasteiger charge is -2.13. The molecule has 2 N–H and O–H groups in total. The maximum absolute atomic E-state index is 11.3. The van der Waals surface area contributed by atoms with E-state index < -0.39 is 0 Å². The standard InChI is InChI=1S/C12H23N3OS/c1-4-6-13-11(16)5-7-14-12-15-10(8-17-12)9(2)3/h9-10H,4-8H2,1-3H3,(H,13,16)(H,14,15)/t10-/m1/s1. The number of nitrogens with one attached hydrogen (secondary N) is 2. The molecule has 1 aliphatic heterocycles. The Morgan fingerprint density at radius 2 is 2.41 bits per heavy atom. The summed E-state index contributed by atoms with van der Waals surface area (Å²) in [6.45, 7) is 7.80. The Hall–Kier alpha value is -0.710. The van der Waals surface area contributed by atoms with Crippen LogP contribution in [0.3, 0.4) is 0 Å². The van der Waals surface area contributed by atoms with Gasteiger partial charge in [0.1, 0.15) is 0 Å². The first kappa shape index (κ1) is 14.4. The number of thioether (sulfide) groups is 1. The largest absolute Gasteiger partial charge is 0.361 e. The van der Waals surface area contributed by atoms with Crippen LogP contribution in [0.4, 0.5) is 0 Å². The SMILES string of the molecule is CCCNC(=O)CCN=C1N[C@@H](C(C)C)CS1. The van der Waals surface area contributed by atoms with Gasteiger partial charge < -0.3 is 10.6 Å². The first-order valence-electron chi connectivity index (χ1n) is 6.34. The van der Waals surface area contributed by atoms with E-state index >= 15 is 0 Å². The van der Waals surface area contributed by atoms with Crippen molar-refractivity contribution in [3.63, 3.8) is 0 Å². The van der Waals surface area contributed by atoms with Crippen LogP contribution in [0.15, 0.2) is 4.99 Å². The minimum Gasteiger partial charge on any atom is -0.361 e. The molecule has 1 aliphatic rings. The van der Waals surface area contributed by atoms with Crippen LogP contribution in [0.2, 0.25) is 0 Å². The summed E-state index contributed by atoms with van der Waals surface area (Å²) in [4.78, 5) is 15.8. The maximum Gasteiger partial charge on any atom is 0.221 e. The monoisotopic (exact) mass is 257 g/mol. The van der Waals surface area contributed by atoms with Gasteiger partial charge in [0.05, 0.1) is 6.54 Å². The Balaban J connectivity index is 2.19. The number of carbonyl (C=O) groups is 1. The summed E-state index contributed by atoms with van der Waals surface area (Å²) in [5.41, 5.74) is 0. The van der Waals surface area contributed by atoms with Crippen LogP contribution >= 0.6 is 11.8 Å². The molecule has 0 aromatic heterocycles. The number of nitrogens with zero attached hydrogens (tertiary/aromatic N) is 1. The molecule has 1 amide bonds. The third-order valence-corrected chi connectivity index (χ3v) is 3.73. The fourth-order valence-electron chi connectivity index (χ4n) is 1.47. The summed E-state index contributed by atoms with van der Waals surface area (Å²) in [5.74, 6) is 1.81. The molecule has 17 heavy (non-hydrogen) atoms. The minimum absolute atomic E-state index is 0.0969. The predicted octanol–water partition coefficient (Wildman–Crippen LogP) is 1.62. The Bertz CT molecular complexity index is 279. The van der Waals surface area contributed by atoms with Gasteiger partial charge in [0.2, 0.25) is 5.91 Å². The molecule has 0 spiro atoms. The summed E-state index contributed by atoms with van der Waals surface area (Å²) in [6.07, 6.45) is 1.46. The van der Waals surface area contributed by atoms with Crippen LogP contribution in [0, 0.1) is 5.92 Å². The molecule has 0 aromatic rings. The fourth-order valence-corrected chi connectivity index (χ4v) is 2.70. The van der Waals surface area contributed by atoms with Gasteiger partial charge in [-0.25, -0.2) is 0 Å². The Kier molecular flexibility index (Phi) is 6.40. The van der Waals surface area contributed by atoms with Crippen molar-refractivity contribution in [2.75, 3.05) is 18.8 Å². The van der Waals surface area contributed by atoms with Crippen LogP contribution in [0.5, 0.6) is 0 Å². The van der Waals surface area contributed by atoms with E-state index in [0.717, 1.165) is 23.9 Å². The summed E-state index contributed by atoms with van der Waals surface area (Å²) in [5, 5.41) is 7.23. The van der Waals surface area contributed by atoms with E-state index in [2.05, 4.69) is 29.5 Å². The van der Waals surface area contributed by atoms with E-state index in [1.165, 1.54) is 0 Å². The highest BCUT2D eigenvalue weighted by molar-refractivity contribution is 8.14. The number of aliphatic imine (C=N–C) groups is 1. The average molecular weight is 257 g/mol. The summed E-state index contributed by atoms with van der Waals surface area (Å²) < 4.78 is 0. The van der Waals surface area contributed by atoms with Gasteiger partial charge in [0, 0.05) is 24.8 Å². The highest BCUT2D eigenvalue weighted by Crippen LogP contribution is 2.18. The van der Waals surface area contributed by atoms with Crippen molar-refractivity contribution in [2.24, 2.45) is 10.9 Å². The van der Waals surface area contributed by atoms with Crippen molar-refractivity contribution in [2.45, 2.75) is 39.7 Å². The number of rotatable bonds is 6. The molecule has 0 bridgehead atoms. The quantitative estimate of drug-likeness (QED) is 0.760. The van der Waals surface area contributed by atoms with Crippen LogP contribution in [0.25, 0.3) is 0 Å². The number of hydrogen-bond acceptors (Lipinski definition) is 3. The van der Waals surface area contributed by atoms with Gasteiger partial charge in [-0.05, 0) is 12.3 Å². The van der Waals surface area contributed by atoms with Gasteiger partial charge in [0.15, 0.2) is 5.17 Å². The second-order valence-corrected chi connectivity index (χ2v) is 5.60. The molecule has 0 aromatic carbocycles. The molecular weight excluding hydrogens is 234 g/mol.